The minimum Gasteiger partial charge on any atom is -0.506 e. The van der Waals surface area contributed by atoms with Crippen LogP contribution < -0.4 is 10.3 Å². The molecule has 0 atom stereocenters. The van der Waals surface area contributed by atoms with Crippen LogP contribution in [0.1, 0.15) is 5.56 Å². The third kappa shape index (κ3) is 2.70. The molecule has 3 aromatic rings. The fourth-order valence-corrected chi connectivity index (χ4v) is 4.23. The van der Waals surface area contributed by atoms with Crippen LogP contribution >= 0.6 is 27.3 Å². The molecule has 0 amide bonds. The lowest BCUT2D eigenvalue weighted by molar-refractivity contribution is 0.363. The Kier molecular flexibility index (Phi) is 4.42. The monoisotopic (exact) mass is 402 g/mol. The highest BCUT2D eigenvalue weighted by Gasteiger charge is 2.21. The number of nitrogens with zero attached hydrogens (tertiary/aromatic N) is 1. The summed E-state index contributed by atoms with van der Waals surface area (Å²) in [6.07, 6.45) is 1.65. The molecule has 2 N–H and O–H groups in total. The lowest BCUT2D eigenvalue weighted by Crippen LogP contribution is -2.09. The number of hydrogen-bond acceptors (Lipinski definition) is 5. The summed E-state index contributed by atoms with van der Waals surface area (Å²) in [4.78, 5) is 15.0. The van der Waals surface area contributed by atoms with E-state index in [1.165, 1.54) is 11.3 Å². The maximum absolute atomic E-state index is 11.8. The van der Waals surface area contributed by atoms with E-state index < -0.39 is 5.56 Å². The average Bonchev–Trinajstić information content (AvgIpc) is 2.89. The van der Waals surface area contributed by atoms with Crippen molar-refractivity contribution in [3.8, 4) is 28.7 Å². The Morgan fingerprint density at radius 1 is 1.50 bits per heavy atom. The van der Waals surface area contributed by atoms with Crippen molar-refractivity contribution in [1.29, 1.82) is 5.26 Å². The molecule has 2 aromatic heterocycles. The third-order valence-corrected chi connectivity index (χ3v) is 5.17. The van der Waals surface area contributed by atoms with Gasteiger partial charge in [0.05, 0.1) is 9.17 Å². The number of aromatic amines is 1. The van der Waals surface area contributed by atoms with E-state index in [1.807, 2.05) is 24.3 Å². The van der Waals surface area contributed by atoms with Crippen LogP contribution in [-0.4, -0.2) is 16.7 Å². The predicted molar refractivity (Wildman–Crippen MR) is 97.7 cm³/mol. The molecule has 3 rings (SSSR count). The normalized spacial score (nSPS) is 10.5. The molecule has 0 saturated heterocycles. The van der Waals surface area contributed by atoms with E-state index in [2.05, 4.69) is 27.5 Å². The number of H-pyrrole nitrogens is 1. The molecule has 0 bridgehead atoms. The zero-order valence-electron chi connectivity index (χ0n) is 12.3. The number of aromatic hydroxyl groups is 1. The third-order valence-electron chi connectivity index (χ3n) is 3.40. The first-order valence-corrected chi connectivity index (χ1v) is 8.49. The maximum atomic E-state index is 11.8. The van der Waals surface area contributed by atoms with Gasteiger partial charge in [-0.15, -0.1) is 11.3 Å². The molecule has 0 aliphatic carbocycles. The van der Waals surface area contributed by atoms with Gasteiger partial charge in [-0.1, -0.05) is 24.8 Å². The zero-order valence-corrected chi connectivity index (χ0v) is 14.7. The first-order valence-electron chi connectivity index (χ1n) is 6.88. The molecule has 1 aromatic carbocycles. The Balaban J connectivity index is 2.27. The molecule has 0 unspecified atom stereocenters. The summed E-state index contributed by atoms with van der Waals surface area (Å²) in [5, 5.41) is 19.9. The van der Waals surface area contributed by atoms with Gasteiger partial charge in [-0.25, -0.2) is 0 Å². The number of hydrogen-bond donors (Lipinski definition) is 2. The second-order valence-corrected chi connectivity index (χ2v) is 7.21. The second kappa shape index (κ2) is 6.51. The number of rotatable bonds is 4. The zero-order chi connectivity index (χ0) is 17.3. The highest BCUT2D eigenvalue weighted by atomic mass is 79.9. The molecule has 0 spiro atoms. The summed E-state index contributed by atoms with van der Waals surface area (Å²) in [7, 11) is 0. The lowest BCUT2D eigenvalue weighted by atomic mass is 10.0. The molecule has 0 aliphatic heterocycles. The SMILES string of the molecule is C=CCOc1cccc(-c2c(Br)sc3[nH]c(=O)c(C#N)c(O)c23)c1. The Hall–Kier alpha value is -2.56. The summed E-state index contributed by atoms with van der Waals surface area (Å²) in [5.74, 6) is 0.341. The number of ether oxygens (including phenoxy) is 1. The summed E-state index contributed by atoms with van der Waals surface area (Å²) < 4.78 is 6.27. The van der Waals surface area contributed by atoms with Crippen molar-refractivity contribution in [3.05, 3.63) is 56.6 Å². The number of benzene rings is 1. The van der Waals surface area contributed by atoms with Crippen molar-refractivity contribution in [2.75, 3.05) is 6.61 Å². The van der Waals surface area contributed by atoms with Crippen molar-refractivity contribution in [3.63, 3.8) is 0 Å². The first-order chi connectivity index (χ1) is 11.6. The molecule has 7 heteroatoms. The van der Waals surface area contributed by atoms with Crippen LogP contribution in [0.5, 0.6) is 11.5 Å². The van der Waals surface area contributed by atoms with Gasteiger partial charge in [0.15, 0.2) is 5.56 Å². The smallest absolute Gasteiger partial charge is 0.270 e. The van der Waals surface area contributed by atoms with Gasteiger partial charge in [0.25, 0.3) is 5.56 Å². The van der Waals surface area contributed by atoms with Crippen LogP contribution in [0.4, 0.5) is 0 Å². The van der Waals surface area contributed by atoms with Crippen molar-refractivity contribution < 1.29 is 9.84 Å². The van der Waals surface area contributed by atoms with Gasteiger partial charge in [0, 0.05) is 5.56 Å². The van der Waals surface area contributed by atoms with Gasteiger partial charge in [-0.3, -0.25) is 4.79 Å². The van der Waals surface area contributed by atoms with E-state index in [0.29, 0.717) is 28.1 Å². The minimum absolute atomic E-state index is 0.298. The van der Waals surface area contributed by atoms with Gasteiger partial charge in [-0.2, -0.15) is 5.26 Å². The lowest BCUT2D eigenvalue weighted by Gasteiger charge is -2.07. The van der Waals surface area contributed by atoms with Crippen LogP contribution in [0.2, 0.25) is 0 Å². The van der Waals surface area contributed by atoms with Crippen LogP contribution in [0.3, 0.4) is 0 Å². The maximum Gasteiger partial charge on any atom is 0.270 e. The molecule has 24 heavy (non-hydrogen) atoms. The quantitative estimate of drug-likeness (QED) is 0.641. The van der Waals surface area contributed by atoms with Crippen LogP contribution in [0, 0.1) is 11.3 Å². The number of aromatic nitrogens is 1. The fraction of sp³-hybridized carbons (Fsp3) is 0.0588. The van der Waals surface area contributed by atoms with Gasteiger partial charge in [0.2, 0.25) is 0 Å². The fourth-order valence-electron chi connectivity index (χ4n) is 2.37. The van der Waals surface area contributed by atoms with Gasteiger partial charge in [-0.05, 0) is 33.6 Å². The molecule has 0 saturated carbocycles. The molecular formula is C17H11BrN2O3S. The molecular weight excluding hydrogens is 392 g/mol. The average molecular weight is 403 g/mol. The van der Waals surface area contributed by atoms with E-state index in [0.717, 1.165) is 9.35 Å². The van der Waals surface area contributed by atoms with E-state index in [-0.39, 0.29) is 11.3 Å². The van der Waals surface area contributed by atoms with E-state index >= 15 is 0 Å². The standard InChI is InChI=1S/C17H11BrN2O3S/c1-2-6-23-10-5-3-4-9(7-10)12-13-14(21)11(8-19)16(22)20-17(13)24-15(12)18/h2-5,7H,1,6H2,(H2,20,21,22). The van der Waals surface area contributed by atoms with Crippen LogP contribution in [0.15, 0.2) is 45.5 Å². The number of nitriles is 1. The number of fused-ring (bicyclic) bond motifs is 1. The van der Waals surface area contributed by atoms with E-state index in [4.69, 9.17) is 10.00 Å². The predicted octanol–water partition coefficient (Wildman–Crippen LogP) is 4.16. The summed E-state index contributed by atoms with van der Waals surface area (Å²) in [5.41, 5.74) is 0.587. The Morgan fingerprint density at radius 2 is 2.29 bits per heavy atom. The summed E-state index contributed by atoms with van der Waals surface area (Å²) in [6.45, 7) is 3.99. The molecule has 120 valence electrons. The Bertz CT molecular complexity index is 1050. The summed E-state index contributed by atoms with van der Waals surface area (Å²) >= 11 is 4.75. The molecule has 0 aliphatic rings. The van der Waals surface area contributed by atoms with Crippen molar-refractivity contribution >= 4 is 37.5 Å². The van der Waals surface area contributed by atoms with Crippen LogP contribution in [-0.2, 0) is 0 Å². The van der Waals surface area contributed by atoms with E-state index in [9.17, 15) is 9.90 Å². The first kappa shape index (κ1) is 16.3. The number of nitrogens with one attached hydrogen (secondary N) is 1. The van der Waals surface area contributed by atoms with Gasteiger partial charge in [0.1, 0.15) is 29.0 Å². The highest BCUT2D eigenvalue weighted by molar-refractivity contribution is 9.11. The number of halogens is 1. The topological polar surface area (TPSA) is 86.1 Å². The number of pyridine rings is 1. The Labute approximate surface area is 149 Å². The highest BCUT2D eigenvalue weighted by Crippen LogP contribution is 2.45. The van der Waals surface area contributed by atoms with Gasteiger partial charge >= 0.3 is 0 Å². The molecule has 5 nitrogen and oxygen atoms in total. The molecule has 2 heterocycles. The Morgan fingerprint density at radius 3 is 3.00 bits per heavy atom. The molecule has 0 fully saturated rings. The van der Waals surface area contributed by atoms with Crippen LogP contribution in [0.25, 0.3) is 21.3 Å². The second-order valence-electron chi connectivity index (χ2n) is 4.87. The van der Waals surface area contributed by atoms with Crippen molar-refractivity contribution in [2.24, 2.45) is 0 Å². The number of thiophene rings is 1. The van der Waals surface area contributed by atoms with Crippen molar-refractivity contribution in [2.45, 2.75) is 0 Å². The minimum atomic E-state index is -0.606. The largest absolute Gasteiger partial charge is 0.506 e. The summed E-state index contributed by atoms with van der Waals surface area (Å²) in [6, 6.07) is 9.08. The van der Waals surface area contributed by atoms with Gasteiger partial charge < -0.3 is 14.8 Å². The molecule has 0 radical (unpaired) electrons. The van der Waals surface area contributed by atoms with Crippen molar-refractivity contribution in [1.82, 2.24) is 4.98 Å². The van der Waals surface area contributed by atoms with E-state index in [1.54, 1.807) is 12.1 Å².